The van der Waals surface area contributed by atoms with E-state index in [4.69, 9.17) is 9.47 Å². The van der Waals surface area contributed by atoms with Gasteiger partial charge in [0.05, 0.1) is 5.75 Å². The monoisotopic (exact) mass is 475 g/mol. The van der Waals surface area contributed by atoms with Crippen LogP contribution in [0.15, 0.2) is 22.5 Å². The molecule has 1 aromatic heterocycles. The summed E-state index contributed by atoms with van der Waals surface area (Å²) in [6, 6.07) is 5.64. The van der Waals surface area contributed by atoms with E-state index >= 15 is 0 Å². The van der Waals surface area contributed by atoms with Gasteiger partial charge >= 0.3 is 0 Å². The van der Waals surface area contributed by atoms with Gasteiger partial charge in [-0.15, -0.1) is 10.2 Å². The Balaban J connectivity index is 1.10. The van der Waals surface area contributed by atoms with Gasteiger partial charge in [-0.05, 0) is 31.0 Å². The highest BCUT2D eigenvalue weighted by Crippen LogP contribution is 2.33. The fourth-order valence-corrected chi connectivity index (χ4v) is 5.87. The maximum absolute atomic E-state index is 12.9. The molecule has 1 aromatic carbocycles. The summed E-state index contributed by atoms with van der Waals surface area (Å²) in [5.41, 5.74) is 0.605. The van der Waals surface area contributed by atoms with Gasteiger partial charge in [0.1, 0.15) is 0 Å². The lowest BCUT2D eigenvalue weighted by Crippen LogP contribution is -2.48. The van der Waals surface area contributed by atoms with E-state index in [0.29, 0.717) is 55.0 Å². The van der Waals surface area contributed by atoms with Crippen molar-refractivity contribution in [3.05, 3.63) is 23.8 Å². The zero-order valence-electron chi connectivity index (χ0n) is 17.6. The van der Waals surface area contributed by atoms with Gasteiger partial charge in [0.25, 0.3) is 5.91 Å². The lowest BCUT2D eigenvalue weighted by molar-refractivity contribution is -0.119. The molecule has 5 rings (SSSR count). The number of carbonyl (C=O) groups is 2. The second-order valence-electron chi connectivity index (χ2n) is 8.04. The average Bonchev–Trinajstić information content (AvgIpc) is 3.59. The summed E-state index contributed by atoms with van der Waals surface area (Å²) in [4.78, 5) is 29.0. The normalized spacial score (nSPS) is 18.2. The van der Waals surface area contributed by atoms with Crippen molar-refractivity contribution in [2.45, 2.75) is 36.1 Å². The van der Waals surface area contributed by atoms with Gasteiger partial charge in [0, 0.05) is 37.8 Å². The van der Waals surface area contributed by atoms with E-state index in [-0.39, 0.29) is 18.6 Å². The zero-order chi connectivity index (χ0) is 21.9. The van der Waals surface area contributed by atoms with Crippen molar-refractivity contribution in [2.24, 2.45) is 0 Å². The van der Waals surface area contributed by atoms with Crippen molar-refractivity contribution in [1.82, 2.24) is 20.4 Å². The van der Waals surface area contributed by atoms with E-state index in [1.807, 2.05) is 4.90 Å². The number of thioether (sulfide) groups is 1. The Hall–Kier alpha value is -2.53. The number of ether oxygens (including phenoxy) is 2. The molecule has 3 aliphatic rings. The molecule has 0 radical (unpaired) electrons. The average molecular weight is 476 g/mol. The smallest absolute Gasteiger partial charge is 0.254 e. The number of piperazine rings is 1. The number of hydrogen-bond acceptors (Lipinski definition) is 9. The molecule has 0 unspecified atom stereocenters. The van der Waals surface area contributed by atoms with Crippen LogP contribution >= 0.6 is 23.1 Å². The largest absolute Gasteiger partial charge is 0.454 e. The number of nitrogens with one attached hydrogen (secondary N) is 1. The molecule has 1 N–H and O–H groups in total. The molecule has 0 atom stereocenters. The second-order valence-corrected chi connectivity index (χ2v) is 10.2. The number of carbonyl (C=O) groups excluding carboxylic acids is 2. The number of nitrogens with zero attached hydrogens (tertiary/aromatic N) is 4. The molecule has 3 heterocycles. The quantitative estimate of drug-likeness (QED) is 0.636. The molecular formula is C21H25N5O4S2. The van der Waals surface area contributed by atoms with Crippen LogP contribution in [0.2, 0.25) is 0 Å². The molecule has 1 saturated heterocycles. The summed E-state index contributed by atoms with van der Waals surface area (Å²) in [5, 5.41) is 12.5. The summed E-state index contributed by atoms with van der Waals surface area (Å²) in [7, 11) is 0. The summed E-state index contributed by atoms with van der Waals surface area (Å²) in [6.07, 6.45) is 4.58. The standard InChI is InChI=1S/C21H25N5O4S2/c27-18(22-15-3-1-2-4-15)12-31-21-24-23-20(32-21)26-9-7-25(8-10-26)19(28)14-5-6-16-17(11-14)30-13-29-16/h5-6,11,15H,1-4,7-10,12-13H2,(H,22,27). The highest BCUT2D eigenvalue weighted by Gasteiger charge is 2.26. The Bertz CT molecular complexity index is 986. The summed E-state index contributed by atoms with van der Waals surface area (Å²) in [5.74, 6) is 1.71. The minimum atomic E-state index is -0.00951. The van der Waals surface area contributed by atoms with E-state index < -0.39 is 0 Å². The predicted octanol–water partition coefficient (Wildman–Crippen LogP) is 2.38. The van der Waals surface area contributed by atoms with Gasteiger partial charge < -0.3 is 24.6 Å². The van der Waals surface area contributed by atoms with Crippen LogP contribution in [0.5, 0.6) is 11.5 Å². The molecule has 9 nitrogen and oxygen atoms in total. The van der Waals surface area contributed by atoms with Crippen LogP contribution in [0.3, 0.4) is 0 Å². The number of aromatic nitrogens is 2. The van der Waals surface area contributed by atoms with Crippen molar-refractivity contribution in [3.63, 3.8) is 0 Å². The van der Waals surface area contributed by atoms with Crippen LogP contribution in [-0.2, 0) is 4.79 Å². The Morgan fingerprint density at radius 2 is 1.88 bits per heavy atom. The van der Waals surface area contributed by atoms with Crippen molar-refractivity contribution in [3.8, 4) is 11.5 Å². The fraction of sp³-hybridized carbons (Fsp3) is 0.524. The van der Waals surface area contributed by atoms with Crippen molar-refractivity contribution < 1.29 is 19.1 Å². The van der Waals surface area contributed by atoms with Crippen LogP contribution in [0.1, 0.15) is 36.0 Å². The van der Waals surface area contributed by atoms with Crippen molar-refractivity contribution in [1.29, 1.82) is 0 Å². The lowest BCUT2D eigenvalue weighted by Gasteiger charge is -2.34. The first kappa shape index (κ1) is 21.3. The van der Waals surface area contributed by atoms with Gasteiger partial charge in [-0.25, -0.2) is 0 Å². The fourth-order valence-electron chi connectivity index (χ4n) is 4.17. The SMILES string of the molecule is O=C(CSc1nnc(N2CCN(C(=O)c3ccc4c(c3)OCO4)CC2)s1)NC1CCCC1. The Labute approximate surface area is 194 Å². The summed E-state index contributed by atoms with van der Waals surface area (Å²) < 4.78 is 11.5. The molecular weight excluding hydrogens is 450 g/mol. The molecule has 1 saturated carbocycles. The maximum atomic E-state index is 12.9. The van der Waals surface area contributed by atoms with Crippen molar-refractivity contribution >= 4 is 40.0 Å². The van der Waals surface area contributed by atoms with E-state index in [1.165, 1.54) is 35.9 Å². The van der Waals surface area contributed by atoms with Crippen molar-refractivity contribution in [2.75, 3.05) is 43.6 Å². The number of rotatable bonds is 6. The Morgan fingerprint density at radius 1 is 1.09 bits per heavy atom. The van der Waals surface area contributed by atoms with Crippen LogP contribution in [-0.4, -0.2) is 71.7 Å². The molecule has 32 heavy (non-hydrogen) atoms. The molecule has 2 aromatic rings. The maximum Gasteiger partial charge on any atom is 0.254 e. The molecule has 1 aliphatic carbocycles. The van der Waals surface area contributed by atoms with E-state index in [9.17, 15) is 9.59 Å². The third-order valence-electron chi connectivity index (χ3n) is 5.90. The van der Waals surface area contributed by atoms with E-state index in [0.717, 1.165) is 22.3 Å². The predicted molar refractivity (Wildman–Crippen MR) is 122 cm³/mol. The van der Waals surface area contributed by atoms with Gasteiger partial charge in [-0.3, -0.25) is 9.59 Å². The number of anilines is 1. The number of fused-ring (bicyclic) bond motifs is 1. The number of benzene rings is 1. The lowest BCUT2D eigenvalue weighted by atomic mass is 10.1. The van der Waals surface area contributed by atoms with Gasteiger partial charge in [0.15, 0.2) is 15.8 Å². The molecule has 0 bridgehead atoms. The molecule has 2 amide bonds. The van der Waals surface area contributed by atoms with Crippen LogP contribution < -0.4 is 19.7 Å². The Morgan fingerprint density at radius 3 is 2.69 bits per heavy atom. The zero-order valence-corrected chi connectivity index (χ0v) is 19.3. The first-order chi connectivity index (χ1) is 15.7. The van der Waals surface area contributed by atoms with E-state index in [2.05, 4.69) is 20.4 Å². The van der Waals surface area contributed by atoms with Crippen LogP contribution in [0, 0.1) is 0 Å². The van der Waals surface area contributed by atoms with Gasteiger partial charge in [-0.2, -0.15) is 0 Å². The molecule has 2 aliphatic heterocycles. The highest BCUT2D eigenvalue weighted by molar-refractivity contribution is 8.01. The molecule has 11 heteroatoms. The number of hydrogen-bond donors (Lipinski definition) is 1. The minimum Gasteiger partial charge on any atom is -0.454 e. The molecule has 0 spiro atoms. The van der Waals surface area contributed by atoms with Gasteiger partial charge in [-0.1, -0.05) is 35.9 Å². The second kappa shape index (κ2) is 9.53. The van der Waals surface area contributed by atoms with E-state index in [1.54, 1.807) is 18.2 Å². The first-order valence-electron chi connectivity index (χ1n) is 10.9. The first-order valence-corrected chi connectivity index (χ1v) is 12.7. The number of amides is 2. The third-order valence-corrected chi connectivity index (χ3v) is 8.02. The minimum absolute atomic E-state index is 0.00951. The Kier molecular flexibility index (Phi) is 6.35. The van der Waals surface area contributed by atoms with Crippen LogP contribution in [0.25, 0.3) is 0 Å². The molecule has 2 fully saturated rings. The topological polar surface area (TPSA) is 96.9 Å². The van der Waals surface area contributed by atoms with Crippen LogP contribution in [0.4, 0.5) is 5.13 Å². The third kappa shape index (κ3) is 4.78. The summed E-state index contributed by atoms with van der Waals surface area (Å²) in [6.45, 7) is 2.80. The highest BCUT2D eigenvalue weighted by atomic mass is 32.2. The summed E-state index contributed by atoms with van der Waals surface area (Å²) >= 11 is 2.93. The molecule has 170 valence electrons. The van der Waals surface area contributed by atoms with Gasteiger partial charge in [0.2, 0.25) is 17.8 Å².